The van der Waals surface area contributed by atoms with Crippen molar-refractivity contribution in [2.24, 2.45) is 17.4 Å². The van der Waals surface area contributed by atoms with Gasteiger partial charge in [0.25, 0.3) is 5.91 Å². The van der Waals surface area contributed by atoms with Crippen LogP contribution in [0.1, 0.15) is 62.5 Å². The molecule has 48 heavy (non-hydrogen) atoms. The molecule has 7 N–H and O–H groups in total. The van der Waals surface area contributed by atoms with Gasteiger partial charge in [-0.3, -0.25) is 19.2 Å². The summed E-state index contributed by atoms with van der Waals surface area (Å²) in [6, 6.07) is 12.3. The Balaban J connectivity index is 1.16. The Morgan fingerprint density at radius 2 is 1.83 bits per heavy atom. The molecule has 1 unspecified atom stereocenters. The Morgan fingerprint density at radius 1 is 1.06 bits per heavy atom. The zero-order valence-electron chi connectivity index (χ0n) is 27.7. The van der Waals surface area contributed by atoms with Gasteiger partial charge in [-0.15, -0.1) is 0 Å². The van der Waals surface area contributed by atoms with Crippen LogP contribution < -0.4 is 37.1 Å². The molecular formula is C35H44N10O3. The van der Waals surface area contributed by atoms with Crippen LogP contribution >= 0.6 is 0 Å². The number of anilines is 2. The molecule has 2 aliphatic carbocycles. The largest absolute Gasteiger partial charge is 0.481 e. The van der Waals surface area contributed by atoms with Crippen molar-refractivity contribution in [2.75, 3.05) is 37.5 Å². The predicted octanol–water partition coefficient (Wildman–Crippen LogP) is 3.10. The number of benzene rings is 1. The molecule has 2 aromatic heterocycles. The number of pyridine rings is 1. The van der Waals surface area contributed by atoms with Gasteiger partial charge in [-0.2, -0.15) is 5.10 Å². The van der Waals surface area contributed by atoms with Gasteiger partial charge < -0.3 is 37.1 Å². The van der Waals surface area contributed by atoms with E-state index in [2.05, 4.69) is 55.5 Å². The molecule has 3 fully saturated rings. The number of amides is 2. The summed E-state index contributed by atoms with van der Waals surface area (Å²) in [5.41, 5.74) is 19.1. The zero-order valence-corrected chi connectivity index (χ0v) is 27.7. The summed E-state index contributed by atoms with van der Waals surface area (Å²) in [5, 5.41) is 14.1. The quantitative estimate of drug-likeness (QED) is 0.145. The maximum Gasteiger partial charge on any atom is 0.269 e. The molecule has 0 bridgehead atoms. The molecule has 2 saturated carbocycles. The number of rotatable bonds is 12. The Hall–Kier alpha value is -5.04. The number of hydrogen-bond donors (Lipinski definition) is 5. The van der Waals surface area contributed by atoms with E-state index in [0.29, 0.717) is 11.6 Å². The van der Waals surface area contributed by atoms with Crippen LogP contribution in [0.5, 0.6) is 5.88 Å². The minimum Gasteiger partial charge on any atom is -0.481 e. The van der Waals surface area contributed by atoms with Crippen LogP contribution in [0, 0.1) is 5.92 Å². The molecule has 0 radical (unpaired) electrons. The van der Waals surface area contributed by atoms with Gasteiger partial charge in [0.2, 0.25) is 11.8 Å². The SMILES string of the molecule is CCC1c2c(cnn2C2CN(Cc3cccc(OC)n3)C2)-c2cccc(NC(/C=C(\N)NC(=O)C3CC3)=C(/N)C(=O)NC3CC3)c2N1C. The van der Waals surface area contributed by atoms with E-state index < -0.39 is 0 Å². The first kappa shape index (κ1) is 31.6. The summed E-state index contributed by atoms with van der Waals surface area (Å²) in [4.78, 5) is 34.7. The van der Waals surface area contributed by atoms with Gasteiger partial charge in [-0.25, -0.2) is 4.98 Å². The molecule has 4 heterocycles. The second kappa shape index (κ2) is 12.9. The summed E-state index contributed by atoms with van der Waals surface area (Å²) in [5.74, 6) is 0.238. The highest BCUT2D eigenvalue weighted by Gasteiger charge is 2.38. The fraction of sp³-hybridized carbons (Fsp3) is 0.429. The normalized spacial score (nSPS) is 19.9. The van der Waals surface area contributed by atoms with Gasteiger partial charge in [0.1, 0.15) is 11.5 Å². The maximum absolute atomic E-state index is 13.1. The smallest absolute Gasteiger partial charge is 0.269 e. The van der Waals surface area contributed by atoms with E-state index in [4.69, 9.17) is 21.3 Å². The van der Waals surface area contributed by atoms with E-state index in [0.717, 1.165) is 79.9 Å². The van der Waals surface area contributed by atoms with Crippen molar-refractivity contribution in [1.29, 1.82) is 0 Å². The highest BCUT2D eigenvalue weighted by atomic mass is 16.5. The molecule has 0 spiro atoms. The molecule has 7 rings (SSSR count). The van der Waals surface area contributed by atoms with Crippen LogP contribution in [0.3, 0.4) is 0 Å². The lowest BCUT2D eigenvalue weighted by molar-refractivity contribution is -0.121. The average molecular weight is 653 g/mol. The van der Waals surface area contributed by atoms with Crippen LogP contribution in [0.2, 0.25) is 0 Å². The molecular weight excluding hydrogens is 608 g/mol. The van der Waals surface area contributed by atoms with Crippen molar-refractivity contribution in [3.63, 3.8) is 0 Å². The number of nitrogens with one attached hydrogen (secondary N) is 3. The number of carbonyl (C=O) groups is 2. The van der Waals surface area contributed by atoms with Gasteiger partial charge >= 0.3 is 0 Å². The standard InChI is InChI=1S/C35H44N10O3/c1-4-28-33-25(16-38-45(33)23-18-44(19-23)17-22-7-5-10-30(39-22)48-3)24-8-6-9-26(32(24)43(28)2)41-27(31(37)35(47)40-21-13-14-21)15-29(36)42-34(46)20-11-12-20/h5-10,15-16,20-21,23,28,41H,4,11-14,17-19,36-37H2,1-3H3,(H,40,47)(H,42,46)/b29-15+,31-27+. The second-order valence-corrected chi connectivity index (χ2v) is 13.2. The number of fused-ring (bicyclic) bond motifs is 3. The van der Waals surface area contributed by atoms with Crippen molar-refractivity contribution < 1.29 is 14.3 Å². The van der Waals surface area contributed by atoms with Crippen LogP contribution in [0.4, 0.5) is 11.4 Å². The first-order valence-electron chi connectivity index (χ1n) is 16.8. The van der Waals surface area contributed by atoms with Gasteiger partial charge in [0.05, 0.1) is 53.8 Å². The van der Waals surface area contributed by atoms with E-state index in [1.165, 1.54) is 11.8 Å². The average Bonchev–Trinajstić information content (AvgIpc) is 4.01. The number of para-hydroxylation sites is 1. The molecule has 2 aliphatic heterocycles. The Morgan fingerprint density at radius 3 is 2.54 bits per heavy atom. The third-order valence-corrected chi connectivity index (χ3v) is 9.57. The Labute approximate surface area is 280 Å². The summed E-state index contributed by atoms with van der Waals surface area (Å²) in [7, 11) is 3.72. The second-order valence-electron chi connectivity index (χ2n) is 13.2. The van der Waals surface area contributed by atoms with Crippen LogP contribution in [-0.4, -0.2) is 64.8 Å². The number of allylic oxidation sites excluding steroid dienone is 1. The van der Waals surface area contributed by atoms with Crippen LogP contribution in [-0.2, 0) is 16.1 Å². The molecule has 4 aliphatic rings. The van der Waals surface area contributed by atoms with Crippen molar-refractivity contribution in [3.05, 3.63) is 77.3 Å². The van der Waals surface area contributed by atoms with Gasteiger partial charge in [0, 0.05) is 61.9 Å². The molecule has 252 valence electrons. The number of aromatic nitrogens is 3. The summed E-state index contributed by atoms with van der Waals surface area (Å²) in [6.07, 6.45) is 7.94. The van der Waals surface area contributed by atoms with Crippen molar-refractivity contribution in [1.82, 2.24) is 30.3 Å². The number of ether oxygens (including phenoxy) is 1. The number of hydrogen-bond acceptors (Lipinski definition) is 10. The first-order chi connectivity index (χ1) is 23.2. The molecule has 1 atom stereocenters. The summed E-state index contributed by atoms with van der Waals surface area (Å²) < 4.78 is 7.50. The summed E-state index contributed by atoms with van der Waals surface area (Å²) in [6.45, 7) is 4.70. The molecule has 13 heteroatoms. The lowest BCUT2D eigenvalue weighted by Gasteiger charge is -2.43. The fourth-order valence-electron chi connectivity index (χ4n) is 6.69. The molecule has 3 aromatic rings. The van der Waals surface area contributed by atoms with E-state index in [9.17, 15) is 9.59 Å². The molecule has 13 nitrogen and oxygen atoms in total. The number of nitrogens with two attached hydrogens (primary N) is 2. The molecule has 2 amide bonds. The van der Waals surface area contributed by atoms with Gasteiger partial charge in [-0.05, 0) is 44.2 Å². The van der Waals surface area contributed by atoms with Gasteiger partial charge in [-0.1, -0.05) is 25.1 Å². The van der Waals surface area contributed by atoms with Gasteiger partial charge in [0.15, 0.2) is 0 Å². The van der Waals surface area contributed by atoms with Crippen molar-refractivity contribution in [2.45, 2.75) is 63.7 Å². The lowest BCUT2D eigenvalue weighted by Crippen LogP contribution is -2.48. The number of likely N-dealkylation sites (tertiary alicyclic amines) is 1. The first-order valence-corrected chi connectivity index (χ1v) is 16.8. The predicted molar refractivity (Wildman–Crippen MR) is 183 cm³/mol. The maximum atomic E-state index is 13.1. The van der Waals surface area contributed by atoms with Crippen molar-refractivity contribution in [3.8, 4) is 17.0 Å². The van der Waals surface area contributed by atoms with Crippen molar-refractivity contribution >= 4 is 23.2 Å². The Kier molecular flexibility index (Phi) is 8.46. The minimum absolute atomic E-state index is 0.000760. The lowest BCUT2D eigenvalue weighted by atomic mass is 9.91. The topological polar surface area (TPSA) is 169 Å². The molecule has 1 aromatic carbocycles. The Bertz CT molecular complexity index is 1780. The number of carbonyl (C=O) groups excluding carboxylic acids is 2. The van der Waals surface area contributed by atoms with E-state index in [1.54, 1.807) is 7.11 Å². The zero-order chi connectivity index (χ0) is 33.5. The number of nitrogens with zero attached hydrogens (tertiary/aromatic N) is 5. The highest BCUT2D eigenvalue weighted by Crippen LogP contribution is 2.49. The third-order valence-electron chi connectivity index (χ3n) is 9.57. The van der Waals surface area contributed by atoms with E-state index in [-0.39, 0.29) is 47.4 Å². The van der Waals surface area contributed by atoms with Crippen LogP contribution in [0.15, 0.2) is 65.9 Å². The van der Waals surface area contributed by atoms with Crippen LogP contribution in [0.25, 0.3) is 11.1 Å². The highest BCUT2D eigenvalue weighted by molar-refractivity contribution is 5.96. The molecule has 1 saturated heterocycles. The van der Waals surface area contributed by atoms with E-state index in [1.807, 2.05) is 36.5 Å². The summed E-state index contributed by atoms with van der Waals surface area (Å²) >= 11 is 0. The monoisotopic (exact) mass is 652 g/mol. The van der Waals surface area contributed by atoms with E-state index >= 15 is 0 Å². The fourth-order valence-corrected chi connectivity index (χ4v) is 6.69. The third kappa shape index (κ3) is 6.29. The minimum atomic E-state index is -0.373. The number of methoxy groups -OCH3 is 1.